The zero-order valence-electron chi connectivity index (χ0n) is 13.5. The molecule has 114 valence electrons. The van der Waals surface area contributed by atoms with Crippen molar-refractivity contribution in [1.82, 2.24) is 5.32 Å². The molecule has 0 spiro atoms. The molecule has 1 heterocycles. The van der Waals surface area contributed by atoms with E-state index < -0.39 is 0 Å². The van der Waals surface area contributed by atoms with Crippen LogP contribution in [0.5, 0.6) is 0 Å². The molecule has 1 atom stereocenters. The minimum absolute atomic E-state index is 0.0725. The summed E-state index contributed by atoms with van der Waals surface area (Å²) in [6.45, 7) is 11.4. The van der Waals surface area contributed by atoms with E-state index in [-0.39, 0.29) is 17.3 Å². The fourth-order valence-electron chi connectivity index (χ4n) is 2.35. The number of hydrogen-bond donors (Lipinski definition) is 1. The Morgan fingerprint density at radius 3 is 2.43 bits per heavy atom. The molecule has 21 heavy (non-hydrogen) atoms. The van der Waals surface area contributed by atoms with Crippen LogP contribution in [0.4, 0.5) is 4.39 Å². The summed E-state index contributed by atoms with van der Waals surface area (Å²) in [5.74, 6) is -0.133. The first kappa shape index (κ1) is 16.2. The second-order valence-corrected chi connectivity index (χ2v) is 7.58. The van der Waals surface area contributed by atoms with Gasteiger partial charge in [0, 0.05) is 15.3 Å². The molecule has 0 aliphatic heterocycles. The number of rotatable bonds is 4. The van der Waals surface area contributed by atoms with Crippen LogP contribution in [0, 0.1) is 12.7 Å². The first-order valence-electron chi connectivity index (χ1n) is 7.42. The van der Waals surface area contributed by atoms with Crippen molar-refractivity contribution in [3.05, 3.63) is 57.0 Å². The Morgan fingerprint density at radius 1 is 1.19 bits per heavy atom. The largest absolute Gasteiger partial charge is 0.306 e. The summed E-state index contributed by atoms with van der Waals surface area (Å²) in [7, 11) is 0. The van der Waals surface area contributed by atoms with E-state index in [2.05, 4.69) is 45.1 Å². The molecular weight excluding hydrogens is 281 g/mol. The van der Waals surface area contributed by atoms with Crippen LogP contribution < -0.4 is 5.32 Å². The highest BCUT2D eigenvalue weighted by Crippen LogP contribution is 2.35. The van der Waals surface area contributed by atoms with Gasteiger partial charge in [-0.3, -0.25) is 0 Å². The quantitative estimate of drug-likeness (QED) is 0.819. The van der Waals surface area contributed by atoms with Crippen LogP contribution in [-0.2, 0) is 5.41 Å². The molecule has 0 saturated heterocycles. The van der Waals surface area contributed by atoms with Crippen molar-refractivity contribution in [3.8, 4) is 0 Å². The Labute approximate surface area is 131 Å². The first-order valence-corrected chi connectivity index (χ1v) is 8.24. The Kier molecular flexibility index (Phi) is 4.84. The Balaban J connectivity index is 2.41. The molecule has 0 radical (unpaired) electrons. The van der Waals surface area contributed by atoms with Crippen LogP contribution in [-0.4, -0.2) is 6.54 Å². The predicted molar refractivity (Wildman–Crippen MR) is 89.7 cm³/mol. The summed E-state index contributed by atoms with van der Waals surface area (Å²) < 4.78 is 14.3. The maximum atomic E-state index is 14.3. The topological polar surface area (TPSA) is 12.0 Å². The summed E-state index contributed by atoms with van der Waals surface area (Å²) in [6, 6.07) is 9.69. The SMILES string of the molecule is CCNC(c1ccc(C(C)(C)C)s1)c1ccc(C)cc1F. The standard InChI is InChI=1S/C18H24FNS/c1-6-20-17(13-8-7-12(2)11-14(13)19)15-9-10-16(21-15)18(3,4)5/h7-11,17,20H,6H2,1-5H3. The van der Waals surface area contributed by atoms with Crippen molar-refractivity contribution in [2.24, 2.45) is 0 Å². The van der Waals surface area contributed by atoms with Gasteiger partial charge in [-0.2, -0.15) is 0 Å². The number of nitrogens with one attached hydrogen (secondary N) is 1. The van der Waals surface area contributed by atoms with Gasteiger partial charge in [0.15, 0.2) is 0 Å². The highest BCUT2D eigenvalue weighted by atomic mass is 32.1. The van der Waals surface area contributed by atoms with Crippen molar-refractivity contribution >= 4 is 11.3 Å². The van der Waals surface area contributed by atoms with Crippen LogP contribution in [0.15, 0.2) is 30.3 Å². The smallest absolute Gasteiger partial charge is 0.128 e. The zero-order chi connectivity index (χ0) is 15.6. The van der Waals surface area contributed by atoms with Crippen molar-refractivity contribution in [2.45, 2.75) is 46.1 Å². The van der Waals surface area contributed by atoms with Crippen LogP contribution in [0.1, 0.15) is 54.6 Å². The number of thiophene rings is 1. The average molecular weight is 305 g/mol. The minimum atomic E-state index is -0.133. The van der Waals surface area contributed by atoms with Gasteiger partial charge in [-0.25, -0.2) is 4.39 Å². The van der Waals surface area contributed by atoms with Gasteiger partial charge in [0.1, 0.15) is 5.82 Å². The fraction of sp³-hybridized carbons (Fsp3) is 0.444. The summed E-state index contributed by atoms with van der Waals surface area (Å²) >= 11 is 1.77. The molecule has 0 amide bonds. The second kappa shape index (κ2) is 6.29. The molecule has 0 aliphatic rings. The fourth-order valence-corrected chi connectivity index (χ4v) is 3.51. The van der Waals surface area contributed by atoms with Crippen molar-refractivity contribution in [3.63, 3.8) is 0 Å². The van der Waals surface area contributed by atoms with Crippen molar-refractivity contribution in [2.75, 3.05) is 6.54 Å². The summed E-state index contributed by atoms with van der Waals surface area (Å²) in [5.41, 5.74) is 1.81. The van der Waals surface area contributed by atoms with Crippen molar-refractivity contribution < 1.29 is 4.39 Å². The van der Waals surface area contributed by atoms with Gasteiger partial charge in [-0.15, -0.1) is 11.3 Å². The number of aryl methyl sites for hydroxylation is 1. The Bertz CT molecular complexity index is 610. The van der Waals surface area contributed by atoms with Gasteiger partial charge in [-0.05, 0) is 42.6 Å². The first-order chi connectivity index (χ1) is 9.82. The van der Waals surface area contributed by atoms with Gasteiger partial charge < -0.3 is 5.32 Å². The number of benzene rings is 1. The molecule has 2 aromatic rings. The molecule has 3 heteroatoms. The van der Waals surface area contributed by atoms with E-state index in [9.17, 15) is 4.39 Å². The molecule has 1 nitrogen and oxygen atoms in total. The number of hydrogen-bond acceptors (Lipinski definition) is 2. The molecule has 2 rings (SSSR count). The van der Waals surface area contributed by atoms with E-state index in [1.807, 2.05) is 19.1 Å². The highest BCUT2D eigenvalue weighted by molar-refractivity contribution is 7.12. The maximum absolute atomic E-state index is 14.3. The second-order valence-electron chi connectivity index (χ2n) is 6.47. The average Bonchev–Trinajstić information content (AvgIpc) is 2.86. The van der Waals surface area contributed by atoms with E-state index in [4.69, 9.17) is 0 Å². The molecule has 0 saturated carbocycles. The van der Waals surface area contributed by atoms with E-state index in [0.717, 1.165) is 17.7 Å². The molecule has 1 N–H and O–H groups in total. The maximum Gasteiger partial charge on any atom is 0.128 e. The van der Waals surface area contributed by atoms with Gasteiger partial charge in [-0.1, -0.05) is 39.8 Å². The lowest BCUT2D eigenvalue weighted by Crippen LogP contribution is -2.22. The monoisotopic (exact) mass is 305 g/mol. The van der Waals surface area contributed by atoms with E-state index in [1.54, 1.807) is 17.4 Å². The van der Waals surface area contributed by atoms with E-state index >= 15 is 0 Å². The summed E-state index contributed by atoms with van der Waals surface area (Å²) in [5, 5.41) is 3.41. The van der Waals surface area contributed by atoms with Crippen LogP contribution in [0.25, 0.3) is 0 Å². The van der Waals surface area contributed by atoms with E-state index in [0.29, 0.717) is 0 Å². The molecule has 1 aromatic carbocycles. The summed E-state index contributed by atoms with van der Waals surface area (Å²) in [4.78, 5) is 2.50. The van der Waals surface area contributed by atoms with Crippen LogP contribution >= 0.6 is 11.3 Å². The molecular formula is C18H24FNS. The van der Waals surface area contributed by atoms with Crippen LogP contribution in [0.3, 0.4) is 0 Å². The predicted octanol–water partition coefficient (Wildman–Crippen LogP) is 5.19. The third kappa shape index (κ3) is 3.72. The highest BCUT2D eigenvalue weighted by Gasteiger charge is 2.22. The number of halogens is 1. The third-order valence-electron chi connectivity index (χ3n) is 3.53. The van der Waals surface area contributed by atoms with Crippen molar-refractivity contribution in [1.29, 1.82) is 0 Å². The lowest BCUT2D eigenvalue weighted by Gasteiger charge is -2.19. The zero-order valence-corrected chi connectivity index (χ0v) is 14.3. The normalized spacial score (nSPS) is 13.4. The Morgan fingerprint density at radius 2 is 1.90 bits per heavy atom. The van der Waals surface area contributed by atoms with Gasteiger partial charge in [0.25, 0.3) is 0 Å². The third-order valence-corrected chi connectivity index (χ3v) is 5.10. The van der Waals surface area contributed by atoms with Gasteiger partial charge >= 0.3 is 0 Å². The molecule has 1 unspecified atom stereocenters. The molecule has 0 aliphatic carbocycles. The van der Waals surface area contributed by atoms with Gasteiger partial charge in [0.05, 0.1) is 6.04 Å². The lowest BCUT2D eigenvalue weighted by molar-refractivity contribution is 0.562. The summed E-state index contributed by atoms with van der Waals surface area (Å²) in [6.07, 6.45) is 0. The lowest BCUT2D eigenvalue weighted by atomic mass is 9.95. The van der Waals surface area contributed by atoms with E-state index in [1.165, 1.54) is 9.75 Å². The molecule has 0 bridgehead atoms. The minimum Gasteiger partial charge on any atom is -0.306 e. The molecule has 0 fully saturated rings. The molecule has 1 aromatic heterocycles. The Hall–Kier alpha value is -1.19. The van der Waals surface area contributed by atoms with Crippen LogP contribution in [0.2, 0.25) is 0 Å². The van der Waals surface area contributed by atoms with Gasteiger partial charge in [0.2, 0.25) is 0 Å².